The van der Waals surface area contributed by atoms with Gasteiger partial charge < -0.3 is 0 Å². The molecule has 0 saturated heterocycles. The molecule has 1 aromatic rings. The smallest absolute Gasteiger partial charge is 0.126 e. The molecule has 0 aliphatic rings. The Morgan fingerprint density at radius 1 is 1.33 bits per heavy atom. The maximum atomic E-state index is 8.97. The van der Waals surface area contributed by atoms with Crippen molar-refractivity contribution in [1.29, 1.82) is 5.26 Å². The molecule has 1 rings (SSSR count). The molecule has 0 radical (unpaired) electrons. The van der Waals surface area contributed by atoms with Crippen molar-refractivity contribution in [2.24, 2.45) is 0 Å². The Hall–Kier alpha value is -1.52. The molecule has 0 N–H and O–H groups in total. The molecule has 0 spiro atoms. The summed E-state index contributed by atoms with van der Waals surface area (Å²) >= 11 is 1.48. The molecule has 1 heterocycles. The third-order valence-corrected chi connectivity index (χ3v) is 2.60. The zero-order valence-electron chi connectivity index (χ0n) is 8.96. The van der Waals surface area contributed by atoms with E-state index in [0.717, 1.165) is 10.7 Å². The monoisotopic (exact) mass is 217 g/mol. The van der Waals surface area contributed by atoms with E-state index in [1.165, 1.54) is 11.8 Å². The van der Waals surface area contributed by atoms with Crippen LogP contribution in [0.5, 0.6) is 0 Å². The average Bonchev–Trinajstić information content (AvgIpc) is 2.17. The van der Waals surface area contributed by atoms with E-state index in [0.29, 0.717) is 17.1 Å². The Labute approximate surface area is 93.9 Å². The lowest BCUT2D eigenvalue weighted by atomic mass is 10.3. The van der Waals surface area contributed by atoms with Crippen LogP contribution in [0.4, 0.5) is 0 Å². The van der Waals surface area contributed by atoms with Crippen molar-refractivity contribution in [1.82, 2.24) is 9.97 Å². The van der Waals surface area contributed by atoms with Crippen LogP contribution >= 0.6 is 11.8 Å². The fourth-order valence-electron chi connectivity index (χ4n) is 1.09. The number of aryl methyl sites for hydroxylation is 2. The van der Waals surface area contributed by atoms with Crippen molar-refractivity contribution in [3.8, 4) is 17.9 Å². The Bertz CT molecular complexity index is 463. The van der Waals surface area contributed by atoms with Gasteiger partial charge in [0.1, 0.15) is 22.5 Å². The number of hydrogen-bond donors (Lipinski definition) is 0. The molecular formula is C11H11N3S. The van der Waals surface area contributed by atoms with E-state index in [4.69, 9.17) is 5.26 Å². The topological polar surface area (TPSA) is 49.6 Å². The Kier molecular flexibility index (Phi) is 4.15. The zero-order valence-corrected chi connectivity index (χ0v) is 9.77. The van der Waals surface area contributed by atoms with Gasteiger partial charge in [0.15, 0.2) is 0 Å². The Balaban J connectivity index is 3.03. The molecule has 0 aromatic carbocycles. The maximum absolute atomic E-state index is 8.97. The van der Waals surface area contributed by atoms with Crippen molar-refractivity contribution in [3.05, 3.63) is 17.1 Å². The van der Waals surface area contributed by atoms with Crippen molar-refractivity contribution in [3.63, 3.8) is 0 Å². The van der Waals surface area contributed by atoms with Gasteiger partial charge in [0.05, 0.1) is 11.4 Å². The van der Waals surface area contributed by atoms with Gasteiger partial charge in [0.2, 0.25) is 0 Å². The second-order valence-electron chi connectivity index (χ2n) is 2.86. The van der Waals surface area contributed by atoms with Crippen LogP contribution in [0.1, 0.15) is 24.0 Å². The third-order valence-electron chi connectivity index (χ3n) is 1.74. The molecule has 0 aliphatic heterocycles. The van der Waals surface area contributed by atoms with E-state index in [2.05, 4.69) is 27.9 Å². The van der Waals surface area contributed by atoms with Crippen LogP contribution in [-0.4, -0.2) is 15.7 Å². The van der Waals surface area contributed by atoms with Gasteiger partial charge in [-0.15, -0.1) is 5.92 Å². The van der Waals surface area contributed by atoms with Crippen molar-refractivity contribution >= 4 is 11.8 Å². The molecule has 0 fully saturated rings. The Morgan fingerprint density at radius 2 is 2.07 bits per heavy atom. The first-order valence-electron chi connectivity index (χ1n) is 4.46. The summed E-state index contributed by atoms with van der Waals surface area (Å²) in [5.74, 6) is 7.08. The number of nitriles is 1. The fourth-order valence-corrected chi connectivity index (χ4v) is 1.98. The number of hydrogen-bond acceptors (Lipinski definition) is 4. The lowest BCUT2D eigenvalue weighted by Crippen LogP contribution is -1.99. The molecule has 76 valence electrons. The van der Waals surface area contributed by atoms with Crippen LogP contribution < -0.4 is 0 Å². The molecular weight excluding hydrogens is 206 g/mol. The lowest BCUT2D eigenvalue weighted by Gasteiger charge is -2.04. The SMILES string of the molecule is CC#CCSc1nc(C)nc(C)c1C#N. The summed E-state index contributed by atoms with van der Waals surface area (Å²) in [5, 5.41) is 9.69. The highest BCUT2D eigenvalue weighted by Gasteiger charge is 2.09. The number of aromatic nitrogens is 2. The summed E-state index contributed by atoms with van der Waals surface area (Å²) < 4.78 is 0. The van der Waals surface area contributed by atoms with Crippen LogP contribution in [-0.2, 0) is 0 Å². The summed E-state index contributed by atoms with van der Waals surface area (Å²) in [7, 11) is 0. The number of thioether (sulfide) groups is 1. The summed E-state index contributed by atoms with van der Waals surface area (Å²) in [5.41, 5.74) is 1.29. The van der Waals surface area contributed by atoms with Crippen molar-refractivity contribution in [2.45, 2.75) is 25.8 Å². The Morgan fingerprint density at radius 3 is 2.67 bits per heavy atom. The van der Waals surface area contributed by atoms with Crippen molar-refractivity contribution < 1.29 is 0 Å². The second kappa shape index (κ2) is 5.38. The van der Waals surface area contributed by atoms with Gasteiger partial charge >= 0.3 is 0 Å². The first-order valence-corrected chi connectivity index (χ1v) is 5.45. The number of nitrogens with zero attached hydrogens (tertiary/aromatic N) is 3. The number of rotatable bonds is 2. The van der Waals surface area contributed by atoms with E-state index in [1.54, 1.807) is 6.92 Å². The van der Waals surface area contributed by atoms with Crippen LogP contribution in [0.2, 0.25) is 0 Å². The van der Waals surface area contributed by atoms with Gasteiger partial charge in [-0.05, 0) is 20.8 Å². The molecule has 3 nitrogen and oxygen atoms in total. The lowest BCUT2D eigenvalue weighted by molar-refractivity contribution is 0.924. The van der Waals surface area contributed by atoms with Crippen LogP contribution in [0.15, 0.2) is 5.03 Å². The largest absolute Gasteiger partial charge is 0.237 e. The van der Waals surface area contributed by atoms with Gasteiger partial charge in [-0.25, -0.2) is 9.97 Å². The zero-order chi connectivity index (χ0) is 11.3. The van der Waals surface area contributed by atoms with E-state index in [-0.39, 0.29) is 0 Å². The van der Waals surface area contributed by atoms with Crippen LogP contribution in [0, 0.1) is 37.0 Å². The van der Waals surface area contributed by atoms with Gasteiger partial charge in [0.25, 0.3) is 0 Å². The molecule has 0 amide bonds. The highest BCUT2D eigenvalue weighted by Crippen LogP contribution is 2.21. The highest BCUT2D eigenvalue weighted by atomic mass is 32.2. The molecule has 1 aromatic heterocycles. The van der Waals surface area contributed by atoms with Gasteiger partial charge in [-0.1, -0.05) is 17.7 Å². The van der Waals surface area contributed by atoms with Crippen LogP contribution in [0.25, 0.3) is 0 Å². The first kappa shape index (κ1) is 11.6. The molecule has 0 unspecified atom stereocenters. The van der Waals surface area contributed by atoms with E-state index in [9.17, 15) is 0 Å². The van der Waals surface area contributed by atoms with E-state index in [1.807, 2.05) is 13.8 Å². The normalized spacial score (nSPS) is 8.93. The van der Waals surface area contributed by atoms with E-state index < -0.39 is 0 Å². The molecule has 0 bridgehead atoms. The molecule has 0 saturated carbocycles. The molecule has 0 aliphatic carbocycles. The molecule has 0 atom stereocenters. The minimum atomic E-state index is 0.559. The highest BCUT2D eigenvalue weighted by molar-refractivity contribution is 7.99. The minimum Gasteiger partial charge on any atom is -0.237 e. The molecule has 4 heteroatoms. The van der Waals surface area contributed by atoms with Gasteiger partial charge in [-0.3, -0.25) is 0 Å². The standard InChI is InChI=1S/C11H11N3S/c1-4-5-6-15-11-10(7-12)8(2)13-9(3)14-11/h6H2,1-3H3. The maximum Gasteiger partial charge on any atom is 0.126 e. The van der Waals surface area contributed by atoms with E-state index >= 15 is 0 Å². The molecule has 15 heavy (non-hydrogen) atoms. The predicted molar refractivity (Wildman–Crippen MR) is 60.4 cm³/mol. The quantitative estimate of drug-likeness (QED) is 0.432. The third kappa shape index (κ3) is 2.97. The summed E-state index contributed by atoms with van der Waals surface area (Å²) in [6.45, 7) is 5.44. The summed E-state index contributed by atoms with van der Waals surface area (Å²) in [4.78, 5) is 8.39. The minimum absolute atomic E-state index is 0.559. The predicted octanol–water partition coefficient (Wildman–Crippen LogP) is 2.08. The second-order valence-corrected chi connectivity index (χ2v) is 3.83. The fraction of sp³-hybridized carbons (Fsp3) is 0.364. The summed E-state index contributed by atoms with van der Waals surface area (Å²) in [6.07, 6.45) is 0. The average molecular weight is 217 g/mol. The van der Waals surface area contributed by atoms with Gasteiger partial charge in [-0.2, -0.15) is 5.26 Å². The first-order chi connectivity index (χ1) is 7.19. The van der Waals surface area contributed by atoms with Gasteiger partial charge in [0, 0.05) is 0 Å². The van der Waals surface area contributed by atoms with Crippen molar-refractivity contribution in [2.75, 3.05) is 5.75 Å². The summed E-state index contributed by atoms with van der Waals surface area (Å²) in [6, 6.07) is 2.12. The van der Waals surface area contributed by atoms with Crippen LogP contribution in [0.3, 0.4) is 0 Å².